The number of aromatic nitrogens is 1. The number of nitrogens with zero attached hydrogens (tertiary/aromatic N) is 1. The normalized spacial score (nSPS) is 14.0. The van der Waals surface area contributed by atoms with Crippen molar-refractivity contribution < 1.29 is 14.0 Å². The molecule has 0 atom stereocenters. The molecule has 2 N–H and O–H groups in total. The topological polar surface area (TPSA) is 71.1 Å². The van der Waals surface area contributed by atoms with Crippen molar-refractivity contribution in [2.75, 3.05) is 11.9 Å². The third kappa shape index (κ3) is 2.92. The smallest absolute Gasteiger partial charge is 0.263 e. The standard InChI is InChI=1S/C14H12FN3O2S/c15-9-5-3-8(4-6-9)12(19)18-14-17-10-2-1-7-16-13(20)11(10)21-14/h3-6H,1-2,7H2,(H,16,20)(H,17,18,19). The molecule has 7 heteroatoms. The Kier molecular flexibility index (Phi) is 3.66. The Balaban J connectivity index is 1.79. The molecule has 0 aliphatic carbocycles. The minimum atomic E-state index is -0.399. The number of hydrogen-bond acceptors (Lipinski definition) is 4. The SMILES string of the molecule is O=C(Nc1nc2c(s1)C(=O)NCCC2)c1ccc(F)cc1. The Bertz CT molecular complexity index is 697. The van der Waals surface area contributed by atoms with Gasteiger partial charge in [0.05, 0.1) is 5.69 Å². The highest BCUT2D eigenvalue weighted by atomic mass is 32.1. The summed E-state index contributed by atoms with van der Waals surface area (Å²) in [5.74, 6) is -0.925. The van der Waals surface area contributed by atoms with Gasteiger partial charge >= 0.3 is 0 Å². The van der Waals surface area contributed by atoms with Crippen LogP contribution in [0, 0.1) is 5.82 Å². The number of anilines is 1. The fourth-order valence-corrected chi connectivity index (χ4v) is 2.98. The number of carbonyl (C=O) groups excluding carboxylic acids is 2. The molecule has 0 spiro atoms. The lowest BCUT2D eigenvalue weighted by molar-refractivity contribution is 0.0958. The Morgan fingerprint density at radius 3 is 2.86 bits per heavy atom. The molecule has 1 aliphatic rings. The zero-order valence-corrected chi connectivity index (χ0v) is 11.8. The van der Waals surface area contributed by atoms with E-state index in [0.29, 0.717) is 34.2 Å². The van der Waals surface area contributed by atoms with Crippen molar-refractivity contribution in [2.45, 2.75) is 12.8 Å². The fourth-order valence-electron chi connectivity index (χ4n) is 2.06. The summed E-state index contributed by atoms with van der Waals surface area (Å²) in [5, 5.41) is 5.81. The molecule has 0 bridgehead atoms. The number of nitrogens with one attached hydrogen (secondary N) is 2. The quantitative estimate of drug-likeness (QED) is 0.893. The van der Waals surface area contributed by atoms with E-state index in [1.165, 1.54) is 24.3 Å². The summed E-state index contributed by atoms with van der Waals surface area (Å²) in [6, 6.07) is 5.24. The van der Waals surface area contributed by atoms with Crippen molar-refractivity contribution >= 4 is 28.3 Å². The van der Waals surface area contributed by atoms with E-state index in [4.69, 9.17) is 0 Å². The second-order valence-corrected chi connectivity index (χ2v) is 5.61. The van der Waals surface area contributed by atoms with E-state index in [1.54, 1.807) is 0 Å². The monoisotopic (exact) mass is 305 g/mol. The van der Waals surface area contributed by atoms with Crippen LogP contribution in [-0.2, 0) is 6.42 Å². The fraction of sp³-hybridized carbons (Fsp3) is 0.214. The summed E-state index contributed by atoms with van der Waals surface area (Å²) in [6.07, 6.45) is 1.53. The van der Waals surface area contributed by atoms with Crippen LogP contribution in [0.2, 0.25) is 0 Å². The summed E-state index contributed by atoms with van der Waals surface area (Å²) in [6.45, 7) is 0.638. The van der Waals surface area contributed by atoms with Crippen molar-refractivity contribution in [1.82, 2.24) is 10.3 Å². The van der Waals surface area contributed by atoms with Crippen LogP contribution in [0.1, 0.15) is 32.1 Å². The molecule has 0 saturated carbocycles. The minimum absolute atomic E-state index is 0.151. The molecule has 2 aromatic rings. The largest absolute Gasteiger partial charge is 0.351 e. The molecule has 3 rings (SSSR count). The molecule has 0 saturated heterocycles. The number of rotatable bonds is 2. The van der Waals surface area contributed by atoms with Crippen LogP contribution in [0.25, 0.3) is 0 Å². The first-order chi connectivity index (χ1) is 10.1. The molecular weight excluding hydrogens is 293 g/mol. The summed E-state index contributed by atoms with van der Waals surface area (Å²) in [5.41, 5.74) is 1.05. The van der Waals surface area contributed by atoms with Gasteiger partial charge in [-0.25, -0.2) is 9.37 Å². The average molecular weight is 305 g/mol. The molecular formula is C14H12FN3O2S. The highest BCUT2D eigenvalue weighted by molar-refractivity contribution is 7.17. The third-order valence-corrected chi connectivity index (χ3v) is 4.12. The zero-order valence-electron chi connectivity index (χ0n) is 11.0. The van der Waals surface area contributed by atoms with E-state index in [9.17, 15) is 14.0 Å². The van der Waals surface area contributed by atoms with E-state index < -0.39 is 5.82 Å². The third-order valence-electron chi connectivity index (χ3n) is 3.11. The lowest BCUT2D eigenvalue weighted by Crippen LogP contribution is -2.21. The van der Waals surface area contributed by atoms with Crippen LogP contribution < -0.4 is 10.6 Å². The number of amides is 2. The lowest BCUT2D eigenvalue weighted by Gasteiger charge is -2.01. The maximum absolute atomic E-state index is 12.8. The molecule has 2 heterocycles. The van der Waals surface area contributed by atoms with Gasteiger partial charge in [-0.15, -0.1) is 0 Å². The number of thiazole rings is 1. The van der Waals surface area contributed by atoms with Crippen LogP contribution in [0.15, 0.2) is 24.3 Å². The first-order valence-corrected chi connectivity index (χ1v) is 7.30. The Labute approximate surface area is 124 Å². The predicted molar refractivity (Wildman–Crippen MR) is 77.1 cm³/mol. The van der Waals surface area contributed by atoms with Gasteiger partial charge < -0.3 is 5.32 Å². The van der Waals surface area contributed by atoms with Gasteiger partial charge in [-0.1, -0.05) is 11.3 Å². The van der Waals surface area contributed by atoms with Gasteiger partial charge in [0.25, 0.3) is 11.8 Å². The first kappa shape index (κ1) is 13.7. The van der Waals surface area contributed by atoms with E-state index in [1.807, 2.05) is 0 Å². The molecule has 108 valence electrons. The molecule has 5 nitrogen and oxygen atoms in total. The predicted octanol–water partition coefficient (Wildman–Crippen LogP) is 2.21. The maximum atomic E-state index is 12.8. The lowest BCUT2D eigenvalue weighted by atomic mass is 10.2. The van der Waals surface area contributed by atoms with Crippen molar-refractivity contribution in [3.8, 4) is 0 Å². The molecule has 0 unspecified atom stereocenters. The van der Waals surface area contributed by atoms with Gasteiger partial charge in [0.2, 0.25) is 0 Å². The highest BCUT2D eigenvalue weighted by Gasteiger charge is 2.21. The average Bonchev–Trinajstić information content (AvgIpc) is 2.79. The molecule has 1 aliphatic heterocycles. The van der Waals surface area contributed by atoms with Crippen molar-refractivity contribution in [3.05, 3.63) is 46.2 Å². The first-order valence-electron chi connectivity index (χ1n) is 6.48. The molecule has 1 aromatic carbocycles. The van der Waals surface area contributed by atoms with Gasteiger partial charge in [0.1, 0.15) is 10.7 Å². The summed E-state index contributed by atoms with van der Waals surface area (Å²) in [7, 11) is 0. The maximum Gasteiger partial charge on any atom is 0.263 e. The van der Waals surface area contributed by atoms with E-state index in [2.05, 4.69) is 15.6 Å². The number of halogens is 1. The Morgan fingerprint density at radius 2 is 2.10 bits per heavy atom. The van der Waals surface area contributed by atoms with Gasteiger partial charge in [-0.2, -0.15) is 0 Å². The number of carbonyl (C=O) groups is 2. The van der Waals surface area contributed by atoms with Crippen LogP contribution in [0.3, 0.4) is 0 Å². The Morgan fingerprint density at radius 1 is 1.33 bits per heavy atom. The van der Waals surface area contributed by atoms with Crippen molar-refractivity contribution in [3.63, 3.8) is 0 Å². The van der Waals surface area contributed by atoms with Gasteiger partial charge in [0.15, 0.2) is 5.13 Å². The molecule has 1 aromatic heterocycles. The van der Waals surface area contributed by atoms with Crippen LogP contribution in [-0.4, -0.2) is 23.3 Å². The van der Waals surface area contributed by atoms with Gasteiger partial charge in [0, 0.05) is 12.1 Å². The zero-order chi connectivity index (χ0) is 14.8. The van der Waals surface area contributed by atoms with E-state index >= 15 is 0 Å². The second kappa shape index (κ2) is 5.61. The molecule has 2 amide bonds. The summed E-state index contributed by atoms with van der Waals surface area (Å²) >= 11 is 1.15. The number of benzene rings is 1. The minimum Gasteiger partial charge on any atom is -0.351 e. The molecule has 0 radical (unpaired) electrons. The molecule has 0 fully saturated rings. The number of fused-ring (bicyclic) bond motifs is 1. The van der Waals surface area contributed by atoms with Crippen LogP contribution in [0.5, 0.6) is 0 Å². The Hall–Kier alpha value is -2.28. The summed E-state index contributed by atoms with van der Waals surface area (Å²) < 4.78 is 12.8. The molecule has 21 heavy (non-hydrogen) atoms. The second-order valence-electron chi connectivity index (χ2n) is 4.62. The number of aryl methyl sites for hydroxylation is 1. The van der Waals surface area contributed by atoms with Crippen molar-refractivity contribution in [2.24, 2.45) is 0 Å². The summed E-state index contributed by atoms with van der Waals surface area (Å²) in [4.78, 5) is 28.7. The van der Waals surface area contributed by atoms with Crippen LogP contribution >= 0.6 is 11.3 Å². The number of hydrogen-bond donors (Lipinski definition) is 2. The van der Waals surface area contributed by atoms with E-state index in [0.717, 1.165) is 17.8 Å². The highest BCUT2D eigenvalue weighted by Crippen LogP contribution is 2.25. The van der Waals surface area contributed by atoms with Gasteiger partial charge in [-0.3, -0.25) is 14.9 Å². The van der Waals surface area contributed by atoms with Crippen LogP contribution in [0.4, 0.5) is 9.52 Å². The van der Waals surface area contributed by atoms with Gasteiger partial charge in [-0.05, 0) is 37.1 Å². The van der Waals surface area contributed by atoms with Crippen molar-refractivity contribution in [1.29, 1.82) is 0 Å². The van der Waals surface area contributed by atoms with E-state index in [-0.39, 0.29) is 11.8 Å².